The summed E-state index contributed by atoms with van der Waals surface area (Å²) in [4.78, 5) is 0. The summed E-state index contributed by atoms with van der Waals surface area (Å²) in [6.45, 7) is 1.56. The summed E-state index contributed by atoms with van der Waals surface area (Å²) in [5, 5.41) is 3.27. The van der Waals surface area contributed by atoms with Crippen molar-refractivity contribution >= 4 is 23.2 Å². The van der Waals surface area contributed by atoms with E-state index in [1.807, 2.05) is 18.2 Å². The Bertz CT molecular complexity index is 307. The second-order valence-electron chi connectivity index (χ2n) is 3.55. The number of halogens is 2. The molecule has 0 aliphatic rings. The summed E-state index contributed by atoms with van der Waals surface area (Å²) >= 11 is 11.8. The molecule has 1 N–H and O–H groups in total. The van der Waals surface area contributed by atoms with Crippen molar-refractivity contribution < 1.29 is 4.74 Å². The van der Waals surface area contributed by atoms with E-state index in [1.165, 1.54) is 5.56 Å². The van der Waals surface area contributed by atoms with Crippen LogP contribution in [0.1, 0.15) is 5.56 Å². The molecule has 90 valence electrons. The molecule has 0 heterocycles. The van der Waals surface area contributed by atoms with Crippen LogP contribution in [0.4, 0.5) is 0 Å². The van der Waals surface area contributed by atoms with Crippen LogP contribution in [0.2, 0.25) is 0 Å². The number of nitrogens with one attached hydrogen (secondary N) is 1. The van der Waals surface area contributed by atoms with Gasteiger partial charge >= 0.3 is 0 Å². The fourth-order valence-electron chi connectivity index (χ4n) is 1.45. The number of hydrogen-bond acceptors (Lipinski definition) is 2. The molecule has 1 aromatic rings. The molecule has 0 aliphatic heterocycles. The zero-order valence-electron chi connectivity index (χ0n) is 9.38. The van der Waals surface area contributed by atoms with Gasteiger partial charge in [-0.05, 0) is 24.1 Å². The third-order valence-electron chi connectivity index (χ3n) is 2.23. The highest BCUT2D eigenvalue weighted by Gasteiger charge is 2.06. The second-order valence-corrected chi connectivity index (χ2v) is 4.54. The molecule has 1 aromatic carbocycles. The minimum atomic E-state index is 0.0790. The van der Waals surface area contributed by atoms with Crippen LogP contribution in [0.3, 0.4) is 0 Å². The standard InChI is InChI=1S/C12H17Cl2NO/c1-16-12-4-2-3-10(8-12)7-11(14)9-15-6-5-13/h2-4,8,11,15H,5-7,9H2,1H3. The van der Waals surface area contributed by atoms with Gasteiger partial charge in [0.15, 0.2) is 0 Å². The zero-order chi connectivity index (χ0) is 11.8. The minimum Gasteiger partial charge on any atom is -0.497 e. The molecule has 4 heteroatoms. The fraction of sp³-hybridized carbons (Fsp3) is 0.500. The van der Waals surface area contributed by atoms with Gasteiger partial charge < -0.3 is 10.1 Å². The average molecular weight is 262 g/mol. The molecule has 0 aromatic heterocycles. The smallest absolute Gasteiger partial charge is 0.119 e. The zero-order valence-corrected chi connectivity index (χ0v) is 10.9. The van der Waals surface area contributed by atoms with Gasteiger partial charge in [0.25, 0.3) is 0 Å². The Morgan fingerprint density at radius 2 is 2.25 bits per heavy atom. The minimum absolute atomic E-state index is 0.0790. The Balaban J connectivity index is 2.39. The molecular weight excluding hydrogens is 245 g/mol. The number of rotatable bonds is 7. The van der Waals surface area contributed by atoms with Crippen molar-refractivity contribution in [3.63, 3.8) is 0 Å². The number of ether oxygens (including phenoxy) is 1. The second kappa shape index (κ2) is 7.77. The first-order valence-electron chi connectivity index (χ1n) is 5.30. The van der Waals surface area contributed by atoms with E-state index in [1.54, 1.807) is 7.11 Å². The predicted molar refractivity (Wildman–Crippen MR) is 69.9 cm³/mol. The van der Waals surface area contributed by atoms with E-state index in [0.29, 0.717) is 5.88 Å². The van der Waals surface area contributed by atoms with E-state index in [0.717, 1.165) is 25.3 Å². The van der Waals surface area contributed by atoms with Gasteiger partial charge in [-0.15, -0.1) is 23.2 Å². The van der Waals surface area contributed by atoms with Gasteiger partial charge in [0.2, 0.25) is 0 Å². The highest BCUT2D eigenvalue weighted by atomic mass is 35.5. The van der Waals surface area contributed by atoms with Crippen LogP contribution < -0.4 is 10.1 Å². The van der Waals surface area contributed by atoms with E-state index in [4.69, 9.17) is 27.9 Å². The molecular formula is C12H17Cl2NO. The highest BCUT2D eigenvalue weighted by Crippen LogP contribution is 2.15. The lowest BCUT2D eigenvalue weighted by Crippen LogP contribution is -2.26. The summed E-state index contributed by atoms with van der Waals surface area (Å²) in [6.07, 6.45) is 0.827. The van der Waals surface area contributed by atoms with Crippen LogP contribution in [0.25, 0.3) is 0 Å². The molecule has 0 aliphatic carbocycles. The molecule has 0 saturated heterocycles. The summed E-state index contributed by atoms with van der Waals surface area (Å²) in [5.74, 6) is 1.48. The topological polar surface area (TPSA) is 21.3 Å². The van der Waals surface area contributed by atoms with Gasteiger partial charge in [-0.2, -0.15) is 0 Å². The first-order valence-corrected chi connectivity index (χ1v) is 6.27. The Labute approximate surface area is 107 Å². The highest BCUT2D eigenvalue weighted by molar-refractivity contribution is 6.21. The van der Waals surface area contributed by atoms with Crippen molar-refractivity contribution in [2.24, 2.45) is 0 Å². The van der Waals surface area contributed by atoms with Crippen LogP contribution in [-0.4, -0.2) is 31.5 Å². The molecule has 0 saturated carbocycles. The van der Waals surface area contributed by atoms with Crippen molar-refractivity contribution in [3.05, 3.63) is 29.8 Å². The largest absolute Gasteiger partial charge is 0.497 e. The Kier molecular flexibility index (Phi) is 6.62. The van der Waals surface area contributed by atoms with Crippen molar-refractivity contribution in [2.45, 2.75) is 11.8 Å². The molecule has 0 spiro atoms. The van der Waals surface area contributed by atoms with E-state index in [-0.39, 0.29) is 5.38 Å². The summed E-state index contributed by atoms with van der Waals surface area (Å²) in [7, 11) is 1.67. The lowest BCUT2D eigenvalue weighted by Gasteiger charge is -2.11. The van der Waals surface area contributed by atoms with E-state index < -0.39 is 0 Å². The summed E-state index contributed by atoms with van der Waals surface area (Å²) < 4.78 is 5.16. The van der Waals surface area contributed by atoms with Crippen molar-refractivity contribution in [3.8, 4) is 5.75 Å². The van der Waals surface area contributed by atoms with Crippen LogP contribution >= 0.6 is 23.2 Å². The quantitative estimate of drug-likeness (QED) is 0.602. The number of alkyl halides is 2. The van der Waals surface area contributed by atoms with Gasteiger partial charge in [-0.1, -0.05) is 12.1 Å². The van der Waals surface area contributed by atoms with Gasteiger partial charge in [-0.3, -0.25) is 0 Å². The Morgan fingerprint density at radius 1 is 1.44 bits per heavy atom. The molecule has 0 radical (unpaired) electrons. The maximum Gasteiger partial charge on any atom is 0.119 e. The maximum absolute atomic E-state index is 6.20. The van der Waals surface area contributed by atoms with Gasteiger partial charge in [0, 0.05) is 19.0 Å². The lowest BCUT2D eigenvalue weighted by atomic mass is 10.1. The van der Waals surface area contributed by atoms with Crippen LogP contribution in [0, 0.1) is 0 Å². The molecule has 2 nitrogen and oxygen atoms in total. The Hall–Kier alpha value is -0.440. The van der Waals surface area contributed by atoms with Gasteiger partial charge in [-0.25, -0.2) is 0 Å². The van der Waals surface area contributed by atoms with Gasteiger partial charge in [0.1, 0.15) is 5.75 Å². The van der Waals surface area contributed by atoms with E-state index in [2.05, 4.69) is 11.4 Å². The molecule has 0 amide bonds. The van der Waals surface area contributed by atoms with Crippen molar-refractivity contribution in [1.82, 2.24) is 5.32 Å². The monoisotopic (exact) mass is 261 g/mol. The first-order chi connectivity index (χ1) is 7.76. The lowest BCUT2D eigenvalue weighted by molar-refractivity contribution is 0.414. The summed E-state index contributed by atoms with van der Waals surface area (Å²) in [6, 6.07) is 7.97. The van der Waals surface area contributed by atoms with Gasteiger partial charge in [0.05, 0.1) is 12.5 Å². The molecule has 0 bridgehead atoms. The SMILES string of the molecule is COc1cccc(CC(Cl)CNCCCl)c1. The molecule has 1 atom stereocenters. The normalized spacial score (nSPS) is 12.4. The van der Waals surface area contributed by atoms with E-state index in [9.17, 15) is 0 Å². The van der Waals surface area contributed by atoms with E-state index >= 15 is 0 Å². The fourth-order valence-corrected chi connectivity index (χ4v) is 1.87. The predicted octanol–water partition coefficient (Wildman–Crippen LogP) is 2.67. The van der Waals surface area contributed by atoms with Crippen molar-refractivity contribution in [1.29, 1.82) is 0 Å². The number of methoxy groups -OCH3 is 1. The van der Waals surface area contributed by atoms with Crippen LogP contribution in [0.5, 0.6) is 5.75 Å². The molecule has 16 heavy (non-hydrogen) atoms. The Morgan fingerprint density at radius 3 is 2.94 bits per heavy atom. The molecule has 1 unspecified atom stereocenters. The summed E-state index contributed by atoms with van der Waals surface area (Å²) in [5.41, 5.74) is 1.19. The number of benzene rings is 1. The maximum atomic E-state index is 6.20. The average Bonchev–Trinajstić information content (AvgIpc) is 2.29. The number of hydrogen-bond donors (Lipinski definition) is 1. The molecule has 1 rings (SSSR count). The third kappa shape index (κ3) is 5.06. The van der Waals surface area contributed by atoms with Crippen LogP contribution in [0.15, 0.2) is 24.3 Å². The van der Waals surface area contributed by atoms with Crippen molar-refractivity contribution in [2.75, 3.05) is 26.1 Å². The molecule has 0 fully saturated rings. The van der Waals surface area contributed by atoms with Crippen LogP contribution in [-0.2, 0) is 6.42 Å². The first kappa shape index (κ1) is 13.6. The third-order valence-corrected chi connectivity index (χ3v) is 2.73.